The minimum absolute atomic E-state index is 0.308. The average Bonchev–Trinajstić information content (AvgIpc) is 2.39. The highest BCUT2D eigenvalue weighted by Crippen LogP contribution is 2.29. The van der Waals surface area contributed by atoms with Gasteiger partial charge in [-0.2, -0.15) is 0 Å². The first kappa shape index (κ1) is 14.0. The fourth-order valence-electron chi connectivity index (χ4n) is 1.59. The number of ether oxygens (including phenoxy) is 2. The van der Waals surface area contributed by atoms with Gasteiger partial charge in [0.1, 0.15) is 11.8 Å². The van der Waals surface area contributed by atoms with Gasteiger partial charge in [0, 0.05) is 11.8 Å². The third-order valence-corrected chi connectivity index (χ3v) is 3.16. The molecule has 100 valence electrons. The number of nitrogens with zero attached hydrogens (tertiary/aromatic N) is 1. The molecule has 0 aliphatic heterocycles. The van der Waals surface area contributed by atoms with Crippen molar-refractivity contribution < 1.29 is 9.47 Å². The molecule has 0 aliphatic carbocycles. The number of hydrogen-bond acceptors (Lipinski definition) is 3. The maximum atomic E-state index is 6.06. The predicted octanol–water partition coefficient (Wildman–Crippen LogP) is 4.28. The van der Waals surface area contributed by atoms with Gasteiger partial charge in [-0.1, -0.05) is 29.3 Å². The number of halogens is 2. The van der Waals surface area contributed by atoms with E-state index in [0.717, 1.165) is 11.1 Å². The highest BCUT2D eigenvalue weighted by atomic mass is 35.5. The Morgan fingerprint density at radius 2 is 1.95 bits per heavy atom. The molecule has 0 N–H and O–H groups in total. The van der Waals surface area contributed by atoms with Crippen molar-refractivity contribution in [2.75, 3.05) is 7.11 Å². The van der Waals surface area contributed by atoms with Crippen LogP contribution in [-0.2, 0) is 6.61 Å². The number of pyridine rings is 1. The first-order valence-corrected chi connectivity index (χ1v) is 6.43. The number of benzene rings is 1. The molecule has 1 heterocycles. The molecule has 3 nitrogen and oxygen atoms in total. The fourth-order valence-corrected chi connectivity index (χ4v) is 2.01. The van der Waals surface area contributed by atoms with Crippen molar-refractivity contribution in [2.24, 2.45) is 0 Å². The smallest absolute Gasteiger partial charge is 0.161 e. The topological polar surface area (TPSA) is 31.4 Å². The minimum Gasteiger partial charge on any atom is -0.493 e. The Hall–Kier alpha value is -1.45. The zero-order valence-corrected chi connectivity index (χ0v) is 12.1. The van der Waals surface area contributed by atoms with Crippen molar-refractivity contribution in [2.45, 2.75) is 13.5 Å². The summed E-state index contributed by atoms with van der Waals surface area (Å²) in [6, 6.07) is 7.33. The maximum Gasteiger partial charge on any atom is 0.161 e. The molecule has 0 fully saturated rings. The van der Waals surface area contributed by atoms with Gasteiger partial charge < -0.3 is 9.47 Å². The van der Waals surface area contributed by atoms with E-state index in [-0.39, 0.29) is 0 Å². The summed E-state index contributed by atoms with van der Waals surface area (Å²) in [5, 5.41) is 0.896. The van der Waals surface area contributed by atoms with Gasteiger partial charge in [-0.3, -0.25) is 0 Å². The summed E-state index contributed by atoms with van der Waals surface area (Å²) in [7, 11) is 1.61. The predicted molar refractivity (Wildman–Crippen MR) is 76.3 cm³/mol. The number of hydrogen-bond donors (Lipinski definition) is 0. The van der Waals surface area contributed by atoms with E-state index in [1.165, 1.54) is 0 Å². The summed E-state index contributed by atoms with van der Waals surface area (Å²) in [6.07, 6.45) is 1.60. The van der Waals surface area contributed by atoms with Crippen LogP contribution in [0, 0.1) is 6.92 Å². The Bertz CT molecular complexity index is 588. The first-order chi connectivity index (χ1) is 9.10. The SMILES string of the molecule is COc1cc(C)ccc1OCc1cnc(Cl)cc1Cl. The van der Waals surface area contributed by atoms with Crippen molar-refractivity contribution in [3.63, 3.8) is 0 Å². The van der Waals surface area contributed by atoms with Gasteiger partial charge in [-0.15, -0.1) is 0 Å². The second kappa shape index (κ2) is 6.13. The first-order valence-electron chi connectivity index (χ1n) is 5.67. The average molecular weight is 298 g/mol. The molecule has 0 amide bonds. The van der Waals surface area contributed by atoms with Crippen LogP contribution in [0.1, 0.15) is 11.1 Å². The summed E-state index contributed by atoms with van der Waals surface area (Å²) in [4.78, 5) is 3.98. The summed E-state index contributed by atoms with van der Waals surface area (Å²) < 4.78 is 11.0. The van der Waals surface area contributed by atoms with E-state index in [0.29, 0.717) is 28.3 Å². The van der Waals surface area contributed by atoms with Crippen molar-refractivity contribution in [3.05, 3.63) is 51.8 Å². The van der Waals surface area contributed by atoms with E-state index in [1.54, 1.807) is 19.4 Å². The lowest BCUT2D eigenvalue weighted by atomic mass is 10.2. The molecular weight excluding hydrogens is 285 g/mol. The molecule has 0 unspecified atom stereocenters. The number of rotatable bonds is 4. The molecule has 2 aromatic rings. The molecule has 5 heteroatoms. The van der Waals surface area contributed by atoms with Crippen LogP contribution in [-0.4, -0.2) is 12.1 Å². The molecule has 0 radical (unpaired) electrons. The maximum absolute atomic E-state index is 6.06. The van der Waals surface area contributed by atoms with E-state index in [1.807, 2.05) is 25.1 Å². The highest BCUT2D eigenvalue weighted by molar-refractivity contribution is 6.34. The summed E-state index contributed by atoms with van der Waals surface area (Å²) >= 11 is 11.8. The van der Waals surface area contributed by atoms with Gasteiger partial charge >= 0.3 is 0 Å². The van der Waals surface area contributed by atoms with Gasteiger partial charge in [0.2, 0.25) is 0 Å². The molecule has 0 aliphatic rings. The molecule has 0 bridgehead atoms. The molecule has 1 aromatic carbocycles. The third kappa shape index (κ3) is 3.52. The van der Waals surface area contributed by atoms with Crippen molar-refractivity contribution in [1.29, 1.82) is 0 Å². The molecule has 0 saturated heterocycles. The van der Waals surface area contributed by atoms with E-state index in [2.05, 4.69) is 4.98 Å². The lowest BCUT2D eigenvalue weighted by Crippen LogP contribution is -1.99. The van der Waals surface area contributed by atoms with Crippen LogP contribution in [0.25, 0.3) is 0 Å². The zero-order valence-electron chi connectivity index (χ0n) is 10.6. The lowest BCUT2D eigenvalue weighted by molar-refractivity contribution is 0.284. The monoisotopic (exact) mass is 297 g/mol. The molecule has 2 rings (SSSR count). The summed E-state index contributed by atoms with van der Waals surface area (Å²) in [5.74, 6) is 1.36. The van der Waals surface area contributed by atoms with Gasteiger partial charge in [-0.05, 0) is 30.7 Å². The largest absolute Gasteiger partial charge is 0.493 e. The van der Waals surface area contributed by atoms with Gasteiger partial charge in [-0.25, -0.2) is 4.98 Å². The standard InChI is InChI=1S/C14H13Cl2NO2/c1-9-3-4-12(13(5-9)18-2)19-8-10-7-17-14(16)6-11(10)15/h3-7H,8H2,1-2H3. The quantitative estimate of drug-likeness (QED) is 0.789. The number of aryl methyl sites for hydroxylation is 1. The lowest BCUT2D eigenvalue weighted by Gasteiger charge is -2.11. The summed E-state index contributed by atoms with van der Waals surface area (Å²) in [6.45, 7) is 2.30. The Labute approximate surface area is 122 Å². The van der Waals surface area contributed by atoms with E-state index >= 15 is 0 Å². The molecular formula is C14H13Cl2NO2. The van der Waals surface area contributed by atoms with E-state index in [4.69, 9.17) is 32.7 Å². The molecule has 0 atom stereocenters. The second-order valence-corrected chi connectivity index (χ2v) is 4.84. The van der Waals surface area contributed by atoms with Gasteiger partial charge in [0.05, 0.1) is 12.1 Å². The van der Waals surface area contributed by atoms with Crippen LogP contribution < -0.4 is 9.47 Å². The Kier molecular flexibility index (Phi) is 4.51. The van der Waals surface area contributed by atoms with Crippen LogP contribution in [0.2, 0.25) is 10.2 Å². The number of aromatic nitrogens is 1. The fraction of sp³-hybridized carbons (Fsp3) is 0.214. The van der Waals surface area contributed by atoms with Crippen molar-refractivity contribution in [3.8, 4) is 11.5 Å². The minimum atomic E-state index is 0.308. The van der Waals surface area contributed by atoms with Crippen molar-refractivity contribution >= 4 is 23.2 Å². The van der Waals surface area contributed by atoms with Gasteiger partial charge in [0.25, 0.3) is 0 Å². The molecule has 0 saturated carbocycles. The number of methoxy groups -OCH3 is 1. The molecule has 19 heavy (non-hydrogen) atoms. The van der Waals surface area contributed by atoms with Crippen molar-refractivity contribution in [1.82, 2.24) is 4.98 Å². The zero-order chi connectivity index (χ0) is 13.8. The second-order valence-electron chi connectivity index (χ2n) is 4.04. The molecule has 1 aromatic heterocycles. The Morgan fingerprint density at radius 3 is 2.63 bits per heavy atom. The van der Waals surface area contributed by atoms with Crippen LogP contribution in [0.5, 0.6) is 11.5 Å². The third-order valence-electron chi connectivity index (χ3n) is 2.60. The van der Waals surface area contributed by atoms with Crippen LogP contribution >= 0.6 is 23.2 Å². The van der Waals surface area contributed by atoms with Crippen LogP contribution in [0.15, 0.2) is 30.5 Å². The Morgan fingerprint density at radius 1 is 1.16 bits per heavy atom. The van der Waals surface area contributed by atoms with E-state index < -0.39 is 0 Å². The summed E-state index contributed by atoms with van der Waals surface area (Å²) in [5.41, 5.74) is 1.88. The Balaban J connectivity index is 2.14. The van der Waals surface area contributed by atoms with Gasteiger partial charge in [0.15, 0.2) is 11.5 Å². The van der Waals surface area contributed by atoms with Crippen LogP contribution in [0.4, 0.5) is 0 Å². The van der Waals surface area contributed by atoms with E-state index in [9.17, 15) is 0 Å². The van der Waals surface area contributed by atoms with Crippen LogP contribution in [0.3, 0.4) is 0 Å². The normalized spacial score (nSPS) is 10.3. The molecule has 0 spiro atoms. The highest BCUT2D eigenvalue weighted by Gasteiger charge is 2.07.